The Hall–Kier alpha value is -0.650. The second kappa shape index (κ2) is 7.07. The largest absolute Gasteiger partial charge is 0.395 e. The maximum absolute atomic E-state index is 12.7. The smallest absolute Gasteiger partial charge is 0.230 e. The number of carbonyl (C=O) groups is 1. The van der Waals surface area contributed by atoms with E-state index in [1.54, 1.807) is 12.0 Å². The number of ether oxygens (including phenoxy) is 1. The van der Waals surface area contributed by atoms with Gasteiger partial charge in [-0.05, 0) is 18.9 Å². The van der Waals surface area contributed by atoms with Gasteiger partial charge in [0, 0.05) is 26.7 Å². The molecule has 1 rings (SSSR count). The normalized spacial score (nSPS) is 23.6. The third kappa shape index (κ3) is 3.22. The molecule has 1 aliphatic rings. The van der Waals surface area contributed by atoms with Gasteiger partial charge in [0.05, 0.1) is 18.6 Å². The van der Waals surface area contributed by atoms with Gasteiger partial charge in [0.15, 0.2) is 0 Å². The van der Waals surface area contributed by atoms with Crippen molar-refractivity contribution in [3.63, 3.8) is 0 Å². The molecule has 5 heteroatoms. The molecule has 2 N–H and O–H groups in total. The molecule has 106 valence electrons. The predicted octanol–water partition coefficient (Wildman–Crippen LogP) is 0.0894. The van der Waals surface area contributed by atoms with Crippen molar-refractivity contribution in [1.29, 1.82) is 0 Å². The van der Waals surface area contributed by atoms with Gasteiger partial charge in [0.25, 0.3) is 0 Å². The molecule has 5 nitrogen and oxygen atoms in total. The number of amides is 1. The first-order chi connectivity index (χ1) is 8.58. The Bertz CT molecular complexity index is 263. The molecule has 1 atom stereocenters. The van der Waals surface area contributed by atoms with E-state index in [2.05, 4.69) is 19.2 Å². The monoisotopic (exact) mass is 258 g/mol. The molecule has 1 amide bonds. The van der Waals surface area contributed by atoms with Gasteiger partial charge in [0.2, 0.25) is 5.91 Å². The lowest BCUT2D eigenvalue weighted by Crippen LogP contribution is -2.50. The van der Waals surface area contributed by atoms with Gasteiger partial charge in [-0.15, -0.1) is 0 Å². The maximum Gasteiger partial charge on any atom is 0.230 e. The first kappa shape index (κ1) is 15.4. The van der Waals surface area contributed by atoms with E-state index in [-0.39, 0.29) is 17.9 Å². The first-order valence-electron chi connectivity index (χ1n) is 6.68. The third-order valence-corrected chi connectivity index (χ3v) is 3.94. The Morgan fingerprint density at radius 3 is 2.67 bits per heavy atom. The Morgan fingerprint density at radius 2 is 2.22 bits per heavy atom. The fourth-order valence-corrected chi connectivity index (χ4v) is 2.59. The van der Waals surface area contributed by atoms with Gasteiger partial charge in [-0.25, -0.2) is 0 Å². The quantitative estimate of drug-likeness (QED) is 0.679. The molecular formula is C13H26N2O3. The summed E-state index contributed by atoms with van der Waals surface area (Å²) in [5, 5.41) is 12.4. The molecular weight excluding hydrogens is 232 g/mol. The van der Waals surface area contributed by atoms with Crippen LogP contribution in [-0.4, -0.2) is 62.4 Å². The van der Waals surface area contributed by atoms with Gasteiger partial charge in [-0.1, -0.05) is 13.8 Å². The van der Waals surface area contributed by atoms with Gasteiger partial charge >= 0.3 is 0 Å². The lowest BCUT2D eigenvalue weighted by atomic mass is 9.75. The highest BCUT2D eigenvalue weighted by atomic mass is 16.5. The molecule has 0 aromatic carbocycles. The van der Waals surface area contributed by atoms with Gasteiger partial charge < -0.3 is 20.1 Å². The Balaban J connectivity index is 2.78. The van der Waals surface area contributed by atoms with Crippen molar-refractivity contribution < 1.29 is 14.6 Å². The summed E-state index contributed by atoms with van der Waals surface area (Å²) in [7, 11) is 1.62. The number of nitrogens with one attached hydrogen (secondary N) is 1. The molecule has 18 heavy (non-hydrogen) atoms. The number of methoxy groups -OCH3 is 1. The maximum atomic E-state index is 12.7. The topological polar surface area (TPSA) is 61.8 Å². The molecule has 0 saturated carbocycles. The van der Waals surface area contributed by atoms with E-state index in [1.807, 2.05) is 0 Å². The molecule has 0 aliphatic carbocycles. The van der Waals surface area contributed by atoms with Gasteiger partial charge in [-0.2, -0.15) is 0 Å². The second-order valence-corrected chi connectivity index (χ2v) is 5.25. The van der Waals surface area contributed by atoms with Crippen LogP contribution in [0.25, 0.3) is 0 Å². The first-order valence-corrected chi connectivity index (χ1v) is 6.68. The minimum Gasteiger partial charge on any atom is -0.395 e. The summed E-state index contributed by atoms with van der Waals surface area (Å²) < 4.78 is 5.03. The summed E-state index contributed by atoms with van der Waals surface area (Å²) in [5.41, 5.74) is -0.317. The van der Waals surface area contributed by atoms with Crippen LogP contribution in [0.3, 0.4) is 0 Å². The second-order valence-electron chi connectivity index (χ2n) is 5.25. The van der Waals surface area contributed by atoms with Crippen LogP contribution in [0.15, 0.2) is 0 Å². The van der Waals surface area contributed by atoms with Crippen LogP contribution >= 0.6 is 0 Å². The molecule has 1 aliphatic heterocycles. The Morgan fingerprint density at radius 1 is 1.50 bits per heavy atom. The fourth-order valence-electron chi connectivity index (χ4n) is 2.59. The van der Waals surface area contributed by atoms with Crippen molar-refractivity contribution in [3.05, 3.63) is 0 Å². The van der Waals surface area contributed by atoms with Crippen LogP contribution in [0, 0.1) is 11.3 Å². The van der Waals surface area contributed by atoms with Gasteiger partial charge in [0.1, 0.15) is 0 Å². The van der Waals surface area contributed by atoms with Crippen molar-refractivity contribution in [2.45, 2.75) is 20.3 Å². The molecule has 0 bridgehead atoms. The summed E-state index contributed by atoms with van der Waals surface area (Å²) in [6.45, 7) is 7.25. The molecule has 0 spiro atoms. The highest BCUT2D eigenvalue weighted by Crippen LogP contribution is 2.36. The number of hydrogen-bond acceptors (Lipinski definition) is 4. The van der Waals surface area contributed by atoms with E-state index in [1.165, 1.54) is 0 Å². The van der Waals surface area contributed by atoms with E-state index < -0.39 is 0 Å². The van der Waals surface area contributed by atoms with E-state index in [0.29, 0.717) is 25.6 Å². The van der Waals surface area contributed by atoms with Crippen molar-refractivity contribution >= 4 is 5.91 Å². The summed E-state index contributed by atoms with van der Waals surface area (Å²) >= 11 is 0. The molecule has 0 aromatic rings. The van der Waals surface area contributed by atoms with Gasteiger partial charge in [-0.3, -0.25) is 4.79 Å². The highest BCUT2D eigenvalue weighted by molar-refractivity contribution is 5.83. The lowest BCUT2D eigenvalue weighted by molar-refractivity contribution is -0.145. The molecule has 1 saturated heterocycles. The molecule has 1 heterocycles. The summed E-state index contributed by atoms with van der Waals surface area (Å²) in [6, 6.07) is 0. The number of aliphatic hydroxyl groups is 1. The van der Waals surface area contributed by atoms with Crippen molar-refractivity contribution in [1.82, 2.24) is 10.2 Å². The lowest BCUT2D eigenvalue weighted by Gasteiger charge is -2.36. The minimum absolute atomic E-state index is 0.00292. The number of nitrogens with zero attached hydrogens (tertiary/aromatic N) is 1. The van der Waals surface area contributed by atoms with Crippen LogP contribution in [0.5, 0.6) is 0 Å². The Kier molecular flexibility index (Phi) is 6.05. The zero-order chi connectivity index (χ0) is 13.6. The van der Waals surface area contributed by atoms with Crippen LogP contribution in [0.1, 0.15) is 20.3 Å². The number of hydrogen-bond donors (Lipinski definition) is 2. The SMILES string of the molecule is COCCN(CCO)C(=O)C1(C(C)C)CCNC1. The van der Waals surface area contributed by atoms with Crippen LogP contribution < -0.4 is 5.32 Å². The summed E-state index contributed by atoms with van der Waals surface area (Å²) in [5.74, 6) is 0.442. The zero-order valence-corrected chi connectivity index (χ0v) is 11.7. The number of carbonyl (C=O) groups excluding carboxylic acids is 1. The minimum atomic E-state index is -0.317. The predicted molar refractivity (Wildman–Crippen MR) is 70.3 cm³/mol. The molecule has 0 aromatic heterocycles. The van der Waals surface area contributed by atoms with E-state index in [0.717, 1.165) is 19.5 Å². The van der Waals surface area contributed by atoms with Crippen molar-refractivity contribution in [2.75, 3.05) is 46.5 Å². The van der Waals surface area contributed by atoms with E-state index in [9.17, 15) is 4.79 Å². The van der Waals surface area contributed by atoms with E-state index >= 15 is 0 Å². The van der Waals surface area contributed by atoms with Crippen LogP contribution in [-0.2, 0) is 9.53 Å². The average Bonchev–Trinajstić information content (AvgIpc) is 2.84. The van der Waals surface area contributed by atoms with Crippen molar-refractivity contribution in [2.24, 2.45) is 11.3 Å². The number of aliphatic hydroxyl groups excluding tert-OH is 1. The molecule has 0 radical (unpaired) electrons. The highest BCUT2D eigenvalue weighted by Gasteiger charge is 2.45. The summed E-state index contributed by atoms with van der Waals surface area (Å²) in [4.78, 5) is 14.5. The summed E-state index contributed by atoms with van der Waals surface area (Å²) in [6.07, 6.45) is 0.873. The third-order valence-electron chi connectivity index (χ3n) is 3.94. The fraction of sp³-hybridized carbons (Fsp3) is 0.923. The van der Waals surface area contributed by atoms with Crippen LogP contribution in [0.2, 0.25) is 0 Å². The zero-order valence-electron chi connectivity index (χ0n) is 11.7. The standard InChI is InChI=1S/C13H26N2O3/c1-11(2)13(4-5-14-10-13)12(17)15(6-8-16)7-9-18-3/h11,14,16H,4-10H2,1-3H3. The van der Waals surface area contributed by atoms with Crippen molar-refractivity contribution in [3.8, 4) is 0 Å². The number of rotatable bonds is 7. The van der Waals surface area contributed by atoms with Crippen LogP contribution in [0.4, 0.5) is 0 Å². The average molecular weight is 258 g/mol. The molecule has 1 fully saturated rings. The molecule has 1 unspecified atom stereocenters. The van der Waals surface area contributed by atoms with E-state index in [4.69, 9.17) is 9.84 Å². The Labute approximate surface area is 109 Å².